The highest BCUT2D eigenvalue weighted by molar-refractivity contribution is 6.07. The van der Waals surface area contributed by atoms with Gasteiger partial charge in [-0.25, -0.2) is 4.98 Å². The summed E-state index contributed by atoms with van der Waals surface area (Å²) in [7, 11) is 0. The topological polar surface area (TPSA) is 90.9 Å². The number of allylic oxidation sites excluding steroid dienone is 3. The molecule has 174 valence electrons. The van der Waals surface area contributed by atoms with Gasteiger partial charge in [-0.05, 0) is 64.2 Å². The molecule has 0 spiro atoms. The number of phenolic OH excluding ortho intramolecular Hbond substituents is 1. The van der Waals surface area contributed by atoms with Gasteiger partial charge < -0.3 is 15.4 Å². The lowest BCUT2D eigenvalue weighted by Gasteiger charge is -2.23. The number of hydrogen-bond acceptors (Lipinski definition) is 4. The molecule has 0 radical (unpaired) electrons. The number of nitrogens with zero attached hydrogens (tertiary/aromatic N) is 2. The number of rotatable bonds is 3. The van der Waals surface area contributed by atoms with Crippen molar-refractivity contribution in [3.05, 3.63) is 108 Å². The number of aromatic amines is 1. The predicted octanol–water partition coefficient (Wildman–Crippen LogP) is 5.93. The Bertz CT molecular complexity index is 1710. The molecule has 6 heteroatoms. The van der Waals surface area contributed by atoms with Gasteiger partial charge in [0, 0.05) is 23.2 Å². The highest BCUT2D eigenvalue weighted by atomic mass is 16.3. The normalized spacial score (nSPS) is 18.2. The third kappa shape index (κ3) is 3.15. The highest BCUT2D eigenvalue weighted by Gasteiger charge is 2.39. The van der Waals surface area contributed by atoms with Crippen LogP contribution in [0.1, 0.15) is 33.9 Å². The van der Waals surface area contributed by atoms with E-state index in [1.54, 1.807) is 30.6 Å². The van der Waals surface area contributed by atoms with E-state index in [0.29, 0.717) is 5.56 Å². The lowest BCUT2D eigenvalue weighted by Crippen LogP contribution is -2.31. The maximum Gasteiger partial charge on any atom is 0.252 e. The molecule has 0 saturated carbocycles. The molecular weight excluding hydrogens is 448 g/mol. The summed E-state index contributed by atoms with van der Waals surface area (Å²) in [4.78, 5) is 26.1. The number of imidazole rings is 1. The van der Waals surface area contributed by atoms with Crippen LogP contribution in [0.15, 0.2) is 91.3 Å². The number of amides is 1. The maximum atomic E-state index is 13.6. The Morgan fingerprint density at radius 3 is 2.92 bits per heavy atom. The number of aromatic hydroxyl groups is 1. The SMILES string of the molecule is O=C(NC1c2cccc(-c3nc4ccncc4[nH]3)c2C2=CC=CCC21)c1cccc2cc(O)ccc12. The summed E-state index contributed by atoms with van der Waals surface area (Å²) in [5.41, 5.74) is 6.83. The van der Waals surface area contributed by atoms with E-state index < -0.39 is 0 Å². The third-order valence-electron chi connectivity index (χ3n) is 7.26. The van der Waals surface area contributed by atoms with Gasteiger partial charge in [-0.3, -0.25) is 9.78 Å². The van der Waals surface area contributed by atoms with Gasteiger partial charge >= 0.3 is 0 Å². The van der Waals surface area contributed by atoms with Gasteiger partial charge in [0.15, 0.2) is 0 Å². The second-order valence-corrected chi connectivity index (χ2v) is 9.30. The van der Waals surface area contributed by atoms with Crippen molar-refractivity contribution in [2.45, 2.75) is 12.5 Å². The summed E-state index contributed by atoms with van der Waals surface area (Å²) in [6, 6.07) is 18.6. The van der Waals surface area contributed by atoms with E-state index >= 15 is 0 Å². The molecule has 2 aliphatic rings. The summed E-state index contributed by atoms with van der Waals surface area (Å²) in [6.07, 6.45) is 10.8. The Hall–Kier alpha value is -4.71. The van der Waals surface area contributed by atoms with Crippen molar-refractivity contribution in [2.75, 3.05) is 0 Å². The summed E-state index contributed by atoms with van der Waals surface area (Å²) in [5.74, 6) is 0.991. The fourth-order valence-corrected chi connectivity index (χ4v) is 5.65. The molecule has 2 atom stereocenters. The largest absolute Gasteiger partial charge is 0.508 e. The van der Waals surface area contributed by atoms with Crippen molar-refractivity contribution in [2.24, 2.45) is 5.92 Å². The van der Waals surface area contributed by atoms with Gasteiger partial charge in [-0.2, -0.15) is 0 Å². The molecule has 2 heterocycles. The average Bonchev–Trinajstić information content (AvgIpc) is 3.48. The van der Waals surface area contributed by atoms with Gasteiger partial charge in [0.05, 0.1) is 23.3 Å². The Kier molecular flexibility index (Phi) is 4.54. The first-order valence-corrected chi connectivity index (χ1v) is 12.0. The lowest BCUT2D eigenvalue weighted by molar-refractivity contribution is 0.0931. The Morgan fingerprint density at radius 1 is 1.08 bits per heavy atom. The van der Waals surface area contributed by atoms with Crippen molar-refractivity contribution in [1.29, 1.82) is 0 Å². The van der Waals surface area contributed by atoms with E-state index in [4.69, 9.17) is 4.98 Å². The zero-order valence-electron chi connectivity index (χ0n) is 19.3. The van der Waals surface area contributed by atoms with Crippen LogP contribution in [-0.4, -0.2) is 26.0 Å². The van der Waals surface area contributed by atoms with E-state index in [0.717, 1.165) is 50.7 Å². The number of phenols is 1. The van der Waals surface area contributed by atoms with Crippen LogP contribution in [0, 0.1) is 5.92 Å². The van der Waals surface area contributed by atoms with Crippen LogP contribution in [0.3, 0.4) is 0 Å². The molecule has 0 fully saturated rings. The fraction of sp³-hybridized carbons (Fsp3) is 0.100. The third-order valence-corrected chi connectivity index (χ3v) is 7.26. The monoisotopic (exact) mass is 470 g/mol. The molecule has 6 nitrogen and oxygen atoms in total. The van der Waals surface area contributed by atoms with Crippen LogP contribution >= 0.6 is 0 Å². The quantitative estimate of drug-likeness (QED) is 0.305. The number of aromatic nitrogens is 3. The van der Waals surface area contributed by atoms with E-state index in [2.05, 4.69) is 45.6 Å². The number of benzene rings is 3. The van der Waals surface area contributed by atoms with Gasteiger partial charge in [0.25, 0.3) is 5.91 Å². The lowest BCUT2D eigenvalue weighted by atomic mass is 9.88. The second kappa shape index (κ2) is 7.92. The van der Waals surface area contributed by atoms with Gasteiger partial charge in [-0.15, -0.1) is 0 Å². The van der Waals surface area contributed by atoms with Crippen molar-refractivity contribution >= 4 is 33.3 Å². The number of nitrogens with one attached hydrogen (secondary N) is 2. The minimum absolute atomic E-state index is 0.127. The summed E-state index contributed by atoms with van der Waals surface area (Å²) < 4.78 is 0. The molecule has 0 aliphatic heterocycles. The minimum atomic E-state index is -0.165. The summed E-state index contributed by atoms with van der Waals surface area (Å²) in [6.45, 7) is 0. The first kappa shape index (κ1) is 20.6. The summed E-state index contributed by atoms with van der Waals surface area (Å²) >= 11 is 0. The molecule has 3 N–H and O–H groups in total. The highest BCUT2D eigenvalue weighted by Crippen LogP contribution is 2.51. The van der Waals surface area contributed by atoms with Gasteiger partial charge in [0.1, 0.15) is 11.6 Å². The molecule has 2 aromatic heterocycles. The number of carbonyl (C=O) groups excluding carboxylic acids is 1. The van der Waals surface area contributed by atoms with Gasteiger partial charge in [-0.1, -0.05) is 48.6 Å². The minimum Gasteiger partial charge on any atom is -0.508 e. The Labute approximate surface area is 207 Å². The zero-order valence-corrected chi connectivity index (χ0v) is 19.3. The molecule has 36 heavy (non-hydrogen) atoms. The molecule has 2 unspecified atom stereocenters. The smallest absolute Gasteiger partial charge is 0.252 e. The summed E-state index contributed by atoms with van der Waals surface area (Å²) in [5, 5.41) is 14.9. The molecule has 0 saturated heterocycles. The van der Waals surface area contributed by atoms with E-state index in [1.165, 1.54) is 5.57 Å². The first-order valence-electron chi connectivity index (χ1n) is 12.0. The maximum absolute atomic E-state index is 13.6. The second-order valence-electron chi connectivity index (χ2n) is 9.30. The number of H-pyrrole nitrogens is 1. The molecule has 7 rings (SSSR count). The molecule has 3 aromatic carbocycles. The number of hydrogen-bond donors (Lipinski definition) is 3. The standard InChI is InChI=1S/C30H22N4O2/c35-18-11-12-19-17(15-18)5-3-8-22(19)30(36)34-28-21-7-2-1-6-20(21)27-23(28)9-4-10-24(27)29-32-25-13-14-31-16-26(25)33-29/h1-6,8-16,21,28,35H,7H2,(H,32,33)(H,34,36). The molecule has 0 bridgehead atoms. The molecule has 1 amide bonds. The Balaban J connectivity index is 1.32. The van der Waals surface area contributed by atoms with Crippen molar-refractivity contribution < 1.29 is 9.90 Å². The number of fused-ring (bicyclic) bond motifs is 5. The van der Waals surface area contributed by atoms with Crippen molar-refractivity contribution in [1.82, 2.24) is 20.3 Å². The van der Waals surface area contributed by atoms with Crippen LogP contribution in [0.5, 0.6) is 5.75 Å². The number of pyridine rings is 1. The van der Waals surface area contributed by atoms with Crippen LogP contribution in [0.2, 0.25) is 0 Å². The number of carbonyl (C=O) groups is 1. The van der Waals surface area contributed by atoms with Crippen LogP contribution in [0.4, 0.5) is 0 Å². The van der Waals surface area contributed by atoms with Crippen LogP contribution < -0.4 is 5.32 Å². The first-order chi connectivity index (χ1) is 17.7. The molecule has 2 aliphatic carbocycles. The van der Waals surface area contributed by atoms with Gasteiger partial charge in [0.2, 0.25) is 0 Å². The van der Waals surface area contributed by atoms with E-state index in [1.807, 2.05) is 30.3 Å². The van der Waals surface area contributed by atoms with E-state index in [9.17, 15) is 9.90 Å². The van der Waals surface area contributed by atoms with Crippen LogP contribution in [0.25, 0.3) is 38.8 Å². The Morgan fingerprint density at radius 2 is 2.00 bits per heavy atom. The fourth-order valence-electron chi connectivity index (χ4n) is 5.65. The zero-order chi connectivity index (χ0) is 24.2. The molecule has 5 aromatic rings. The van der Waals surface area contributed by atoms with E-state index in [-0.39, 0.29) is 23.6 Å². The van der Waals surface area contributed by atoms with Crippen LogP contribution in [-0.2, 0) is 0 Å². The van der Waals surface area contributed by atoms with Crippen molar-refractivity contribution in [3.8, 4) is 17.1 Å². The van der Waals surface area contributed by atoms with Crippen molar-refractivity contribution in [3.63, 3.8) is 0 Å². The molecular formula is C30H22N4O2. The predicted molar refractivity (Wildman–Crippen MR) is 140 cm³/mol. The average molecular weight is 471 g/mol.